The van der Waals surface area contributed by atoms with E-state index < -0.39 is 0 Å². The maximum absolute atomic E-state index is 6.57. The molecule has 0 aliphatic carbocycles. The van der Waals surface area contributed by atoms with Crippen LogP contribution in [0.25, 0.3) is 10.9 Å². The first-order valence-corrected chi connectivity index (χ1v) is 8.34. The SMILES string of the molecule is CC(C)(C)[C@H](c1cc2ccccc2nc1Cl)N1CCNCC1. The van der Waals surface area contributed by atoms with Crippen LogP contribution in [0.5, 0.6) is 0 Å². The molecule has 118 valence electrons. The minimum absolute atomic E-state index is 0.102. The predicted octanol–water partition coefficient (Wildman–Crippen LogP) is 3.88. The number of hydrogen-bond donors (Lipinski definition) is 1. The van der Waals surface area contributed by atoms with E-state index in [0.29, 0.717) is 5.15 Å². The summed E-state index contributed by atoms with van der Waals surface area (Å²) in [6, 6.07) is 10.7. The number of nitrogens with zero attached hydrogens (tertiary/aromatic N) is 2. The van der Waals surface area contributed by atoms with Gasteiger partial charge < -0.3 is 5.32 Å². The fraction of sp³-hybridized carbons (Fsp3) is 0.500. The molecule has 0 unspecified atom stereocenters. The zero-order valence-corrected chi connectivity index (χ0v) is 14.3. The van der Waals surface area contributed by atoms with Crippen molar-refractivity contribution in [3.63, 3.8) is 0 Å². The monoisotopic (exact) mass is 317 g/mol. The normalized spacial score (nSPS) is 18.5. The highest BCUT2D eigenvalue weighted by atomic mass is 35.5. The molecule has 1 aromatic heterocycles. The molecule has 2 heterocycles. The van der Waals surface area contributed by atoms with Gasteiger partial charge in [0, 0.05) is 43.2 Å². The van der Waals surface area contributed by atoms with E-state index in [1.54, 1.807) is 0 Å². The van der Waals surface area contributed by atoms with Crippen LogP contribution in [0.4, 0.5) is 0 Å². The summed E-state index contributed by atoms with van der Waals surface area (Å²) in [4.78, 5) is 7.16. The Kier molecular flexibility index (Phi) is 4.40. The van der Waals surface area contributed by atoms with E-state index in [0.717, 1.165) is 42.6 Å². The van der Waals surface area contributed by atoms with Gasteiger partial charge in [-0.1, -0.05) is 50.6 Å². The maximum Gasteiger partial charge on any atom is 0.134 e. The molecule has 1 saturated heterocycles. The van der Waals surface area contributed by atoms with Gasteiger partial charge in [0.05, 0.1) is 5.52 Å². The van der Waals surface area contributed by atoms with Gasteiger partial charge in [-0.15, -0.1) is 0 Å². The smallest absolute Gasteiger partial charge is 0.134 e. The van der Waals surface area contributed by atoms with Crippen molar-refractivity contribution in [2.45, 2.75) is 26.8 Å². The van der Waals surface area contributed by atoms with Gasteiger partial charge in [-0.2, -0.15) is 0 Å². The van der Waals surface area contributed by atoms with Gasteiger partial charge >= 0.3 is 0 Å². The lowest BCUT2D eigenvalue weighted by molar-refractivity contribution is 0.0861. The van der Waals surface area contributed by atoms with Crippen LogP contribution in [0.2, 0.25) is 5.15 Å². The number of para-hydroxylation sites is 1. The molecule has 1 aliphatic heterocycles. The van der Waals surface area contributed by atoms with Gasteiger partial charge in [-0.05, 0) is 17.5 Å². The largest absolute Gasteiger partial charge is 0.314 e. The van der Waals surface area contributed by atoms with Crippen LogP contribution in [0.3, 0.4) is 0 Å². The third-order valence-electron chi connectivity index (χ3n) is 4.34. The number of benzene rings is 1. The topological polar surface area (TPSA) is 28.2 Å². The summed E-state index contributed by atoms with van der Waals surface area (Å²) in [5, 5.41) is 5.22. The van der Waals surface area contributed by atoms with E-state index >= 15 is 0 Å². The Morgan fingerprint density at radius 3 is 2.55 bits per heavy atom. The number of rotatable bonds is 2. The number of fused-ring (bicyclic) bond motifs is 1. The van der Waals surface area contributed by atoms with E-state index in [1.807, 2.05) is 12.1 Å². The molecule has 1 aromatic carbocycles. The first-order valence-electron chi connectivity index (χ1n) is 7.97. The summed E-state index contributed by atoms with van der Waals surface area (Å²) in [7, 11) is 0. The lowest BCUT2D eigenvalue weighted by atomic mass is 9.81. The minimum atomic E-state index is 0.102. The summed E-state index contributed by atoms with van der Waals surface area (Å²) in [6.07, 6.45) is 0. The van der Waals surface area contributed by atoms with Gasteiger partial charge in [0.2, 0.25) is 0 Å². The van der Waals surface area contributed by atoms with Gasteiger partial charge in [-0.25, -0.2) is 4.98 Å². The molecule has 1 fully saturated rings. The van der Waals surface area contributed by atoms with Crippen molar-refractivity contribution in [3.05, 3.63) is 41.0 Å². The molecule has 1 aliphatic rings. The minimum Gasteiger partial charge on any atom is -0.314 e. The summed E-state index contributed by atoms with van der Waals surface area (Å²) in [6.45, 7) is 11.0. The number of pyridine rings is 1. The second-order valence-electron chi connectivity index (χ2n) is 7.12. The van der Waals surface area contributed by atoms with Crippen molar-refractivity contribution >= 4 is 22.5 Å². The number of hydrogen-bond acceptors (Lipinski definition) is 3. The molecule has 0 spiro atoms. The molecule has 4 heteroatoms. The highest BCUT2D eigenvalue weighted by Crippen LogP contribution is 2.41. The first kappa shape index (κ1) is 15.7. The van der Waals surface area contributed by atoms with Crippen LogP contribution in [0.1, 0.15) is 32.4 Å². The van der Waals surface area contributed by atoms with Crippen LogP contribution in [0.15, 0.2) is 30.3 Å². The predicted molar refractivity (Wildman–Crippen MR) is 93.4 cm³/mol. The van der Waals surface area contributed by atoms with E-state index in [1.165, 1.54) is 0 Å². The maximum atomic E-state index is 6.57. The Balaban J connectivity index is 2.08. The molecule has 0 bridgehead atoms. The van der Waals surface area contributed by atoms with Gasteiger partial charge in [0.1, 0.15) is 5.15 Å². The Morgan fingerprint density at radius 2 is 1.86 bits per heavy atom. The van der Waals surface area contributed by atoms with E-state index in [9.17, 15) is 0 Å². The van der Waals surface area contributed by atoms with Crippen molar-refractivity contribution in [1.29, 1.82) is 0 Å². The second kappa shape index (κ2) is 6.15. The highest BCUT2D eigenvalue weighted by molar-refractivity contribution is 6.30. The molecule has 3 nitrogen and oxygen atoms in total. The van der Waals surface area contributed by atoms with E-state index in [-0.39, 0.29) is 11.5 Å². The molecule has 3 rings (SSSR count). The standard InChI is InChI=1S/C18H24ClN3/c1-18(2,3)16(22-10-8-20-9-11-22)14-12-13-6-4-5-7-15(13)21-17(14)19/h4-7,12,16,20H,8-11H2,1-3H3/t16-/m0/s1. The quantitative estimate of drug-likeness (QED) is 0.852. The van der Waals surface area contributed by atoms with Crippen molar-refractivity contribution in [2.75, 3.05) is 26.2 Å². The Bertz CT molecular complexity index is 657. The Morgan fingerprint density at radius 1 is 1.18 bits per heavy atom. The van der Waals surface area contributed by atoms with Crippen molar-refractivity contribution < 1.29 is 0 Å². The van der Waals surface area contributed by atoms with Gasteiger partial charge in [0.15, 0.2) is 0 Å². The molecule has 0 radical (unpaired) electrons. The molecule has 2 aromatic rings. The molecule has 22 heavy (non-hydrogen) atoms. The highest BCUT2D eigenvalue weighted by Gasteiger charge is 2.34. The zero-order valence-electron chi connectivity index (χ0n) is 13.6. The van der Waals surface area contributed by atoms with Crippen LogP contribution >= 0.6 is 11.6 Å². The fourth-order valence-electron chi connectivity index (χ4n) is 3.45. The van der Waals surface area contributed by atoms with Crippen LogP contribution in [-0.4, -0.2) is 36.1 Å². The van der Waals surface area contributed by atoms with Crippen molar-refractivity contribution in [3.8, 4) is 0 Å². The third-order valence-corrected chi connectivity index (χ3v) is 4.64. The number of halogens is 1. The summed E-state index contributed by atoms with van der Waals surface area (Å²) in [5.74, 6) is 0. The Labute approximate surface area is 137 Å². The van der Waals surface area contributed by atoms with Gasteiger partial charge in [-0.3, -0.25) is 4.90 Å². The Hall–Kier alpha value is -1.16. The molecular weight excluding hydrogens is 294 g/mol. The second-order valence-corrected chi connectivity index (χ2v) is 7.47. The molecule has 1 atom stereocenters. The molecule has 0 saturated carbocycles. The zero-order chi connectivity index (χ0) is 15.7. The molecule has 1 N–H and O–H groups in total. The number of piperazine rings is 1. The average molecular weight is 318 g/mol. The number of nitrogens with one attached hydrogen (secondary N) is 1. The first-order chi connectivity index (χ1) is 10.5. The summed E-state index contributed by atoms with van der Waals surface area (Å²) >= 11 is 6.57. The van der Waals surface area contributed by atoms with Crippen LogP contribution in [0, 0.1) is 5.41 Å². The van der Waals surface area contributed by atoms with Crippen LogP contribution < -0.4 is 5.32 Å². The molecule has 0 amide bonds. The lowest BCUT2D eigenvalue weighted by Gasteiger charge is -2.42. The lowest BCUT2D eigenvalue weighted by Crippen LogP contribution is -2.48. The van der Waals surface area contributed by atoms with Gasteiger partial charge in [0.25, 0.3) is 0 Å². The molecular formula is C18H24ClN3. The number of aromatic nitrogens is 1. The summed E-state index contributed by atoms with van der Waals surface area (Å²) in [5.41, 5.74) is 2.21. The van der Waals surface area contributed by atoms with Crippen molar-refractivity contribution in [1.82, 2.24) is 15.2 Å². The van der Waals surface area contributed by atoms with E-state index in [2.05, 4.69) is 54.2 Å². The summed E-state index contributed by atoms with van der Waals surface area (Å²) < 4.78 is 0. The third kappa shape index (κ3) is 3.12. The fourth-order valence-corrected chi connectivity index (χ4v) is 3.70. The average Bonchev–Trinajstić information content (AvgIpc) is 2.48. The van der Waals surface area contributed by atoms with Crippen LogP contribution in [-0.2, 0) is 0 Å². The van der Waals surface area contributed by atoms with E-state index in [4.69, 9.17) is 11.6 Å². The van der Waals surface area contributed by atoms with Crippen molar-refractivity contribution in [2.24, 2.45) is 5.41 Å².